The Morgan fingerprint density at radius 1 is 1.31 bits per heavy atom. The molecule has 1 aliphatic heterocycles. The third kappa shape index (κ3) is 3.32. The maximum absolute atomic E-state index is 13.9. The van der Waals surface area contributed by atoms with Crippen LogP contribution in [0.3, 0.4) is 0 Å². The number of aryl methyl sites for hydroxylation is 1. The summed E-state index contributed by atoms with van der Waals surface area (Å²) in [6.45, 7) is 2.86. The van der Waals surface area contributed by atoms with Gasteiger partial charge in [-0.1, -0.05) is 6.92 Å². The molecule has 1 amide bonds. The monoisotopic (exact) mass is 394 g/mol. The molecule has 0 bridgehead atoms. The fraction of sp³-hybridized carbons (Fsp3) is 0.429. The van der Waals surface area contributed by atoms with E-state index in [0.29, 0.717) is 11.2 Å². The maximum atomic E-state index is 13.9. The van der Waals surface area contributed by atoms with Gasteiger partial charge in [-0.3, -0.25) is 9.78 Å². The second-order valence-electron chi connectivity index (χ2n) is 7.75. The number of carbonyl (C=O) groups is 1. The lowest BCUT2D eigenvalue weighted by Gasteiger charge is -2.27. The van der Waals surface area contributed by atoms with Crippen molar-refractivity contribution in [2.24, 2.45) is 0 Å². The Kier molecular flexibility index (Phi) is 4.41. The van der Waals surface area contributed by atoms with Crippen LogP contribution >= 0.6 is 0 Å². The van der Waals surface area contributed by atoms with Crippen LogP contribution < -0.4 is 10.2 Å². The Morgan fingerprint density at radius 3 is 2.97 bits per heavy atom. The number of carbonyl (C=O) groups excluding carboxylic acids is 1. The number of hydrogen-bond acceptors (Lipinski definition) is 5. The molecule has 8 heteroatoms. The van der Waals surface area contributed by atoms with Gasteiger partial charge in [-0.25, -0.2) is 13.9 Å². The van der Waals surface area contributed by atoms with Gasteiger partial charge in [0.1, 0.15) is 17.2 Å². The summed E-state index contributed by atoms with van der Waals surface area (Å²) in [5, 5.41) is 7.26. The van der Waals surface area contributed by atoms with Crippen molar-refractivity contribution in [1.82, 2.24) is 24.9 Å². The van der Waals surface area contributed by atoms with E-state index < -0.39 is 0 Å². The minimum Gasteiger partial charge on any atom is -0.349 e. The van der Waals surface area contributed by atoms with Gasteiger partial charge >= 0.3 is 0 Å². The van der Waals surface area contributed by atoms with Crippen molar-refractivity contribution >= 4 is 17.4 Å². The van der Waals surface area contributed by atoms with E-state index in [1.54, 1.807) is 16.8 Å². The molecule has 0 spiro atoms. The zero-order valence-electron chi connectivity index (χ0n) is 16.3. The lowest BCUT2D eigenvalue weighted by atomic mass is 10.0. The number of rotatable bonds is 5. The summed E-state index contributed by atoms with van der Waals surface area (Å²) in [5.74, 6) is 0.322. The van der Waals surface area contributed by atoms with Crippen LogP contribution in [0.2, 0.25) is 0 Å². The van der Waals surface area contributed by atoms with Gasteiger partial charge in [-0.05, 0) is 49.8 Å². The molecule has 0 unspecified atom stereocenters. The molecule has 5 rings (SSSR count). The zero-order valence-corrected chi connectivity index (χ0v) is 16.3. The first-order valence-electron chi connectivity index (χ1n) is 10.2. The molecule has 1 atom stereocenters. The molecular formula is C21H23FN6O. The van der Waals surface area contributed by atoms with E-state index in [1.165, 1.54) is 6.20 Å². The fourth-order valence-corrected chi connectivity index (χ4v) is 4.10. The molecule has 150 valence electrons. The molecular weight excluding hydrogens is 371 g/mol. The number of halogens is 1. The molecule has 4 heterocycles. The summed E-state index contributed by atoms with van der Waals surface area (Å²) in [7, 11) is 0. The van der Waals surface area contributed by atoms with Crippen LogP contribution in [0.5, 0.6) is 0 Å². The van der Waals surface area contributed by atoms with Crippen LogP contribution in [0, 0.1) is 5.82 Å². The number of anilines is 1. The normalized spacial score (nSPS) is 19.1. The second-order valence-corrected chi connectivity index (χ2v) is 7.75. The van der Waals surface area contributed by atoms with Gasteiger partial charge < -0.3 is 10.2 Å². The zero-order chi connectivity index (χ0) is 20.0. The van der Waals surface area contributed by atoms with Gasteiger partial charge in [-0.15, -0.1) is 0 Å². The quantitative estimate of drug-likeness (QED) is 0.720. The van der Waals surface area contributed by atoms with E-state index in [4.69, 9.17) is 4.98 Å². The fourth-order valence-electron chi connectivity index (χ4n) is 4.10. The highest BCUT2D eigenvalue weighted by Gasteiger charge is 2.30. The van der Waals surface area contributed by atoms with Gasteiger partial charge in [0, 0.05) is 24.5 Å². The summed E-state index contributed by atoms with van der Waals surface area (Å²) in [4.78, 5) is 23.8. The standard InChI is InChI=1S/C21H23FN6O/c1-2-17-15(10-13(22)11-23-17)18-4-3-8-27(18)19-7-9-28-20(26-19)16(12-24-28)21(29)25-14-5-6-14/h7,9-12,14,18H,2-6,8H2,1H3,(H,25,29)/t18-/m1/s1. The van der Waals surface area contributed by atoms with E-state index in [2.05, 4.69) is 20.3 Å². The van der Waals surface area contributed by atoms with Gasteiger partial charge in [0.25, 0.3) is 5.91 Å². The van der Waals surface area contributed by atoms with Crippen molar-refractivity contribution in [3.63, 3.8) is 0 Å². The van der Waals surface area contributed by atoms with Gasteiger partial charge in [-0.2, -0.15) is 5.10 Å². The predicted molar refractivity (Wildman–Crippen MR) is 106 cm³/mol. The maximum Gasteiger partial charge on any atom is 0.256 e. The first-order valence-corrected chi connectivity index (χ1v) is 10.2. The minimum atomic E-state index is -0.317. The third-order valence-electron chi connectivity index (χ3n) is 5.72. The average molecular weight is 394 g/mol. The van der Waals surface area contributed by atoms with Crippen LogP contribution in [0.15, 0.2) is 30.7 Å². The molecule has 0 aromatic carbocycles. The van der Waals surface area contributed by atoms with E-state index in [1.807, 2.05) is 19.2 Å². The molecule has 0 radical (unpaired) electrons. The third-order valence-corrected chi connectivity index (χ3v) is 5.72. The van der Waals surface area contributed by atoms with Crippen molar-refractivity contribution < 1.29 is 9.18 Å². The average Bonchev–Trinajstić information content (AvgIpc) is 3.25. The lowest BCUT2D eigenvalue weighted by Crippen LogP contribution is -2.26. The summed E-state index contributed by atoms with van der Waals surface area (Å²) in [5.41, 5.74) is 2.86. The van der Waals surface area contributed by atoms with Crippen LogP contribution in [0.25, 0.3) is 5.65 Å². The number of aromatic nitrogens is 4. The molecule has 1 N–H and O–H groups in total. The summed E-state index contributed by atoms with van der Waals surface area (Å²) in [6.07, 6.45) is 9.39. The van der Waals surface area contributed by atoms with Crippen LogP contribution in [-0.4, -0.2) is 38.1 Å². The van der Waals surface area contributed by atoms with E-state index in [9.17, 15) is 9.18 Å². The second kappa shape index (κ2) is 7.09. The smallest absolute Gasteiger partial charge is 0.256 e. The first kappa shape index (κ1) is 18.0. The van der Waals surface area contributed by atoms with E-state index >= 15 is 0 Å². The summed E-state index contributed by atoms with van der Waals surface area (Å²) >= 11 is 0. The minimum absolute atomic E-state index is 0.0229. The highest BCUT2D eigenvalue weighted by atomic mass is 19.1. The Morgan fingerprint density at radius 2 is 2.17 bits per heavy atom. The van der Waals surface area contributed by atoms with Gasteiger partial charge in [0.05, 0.1) is 18.4 Å². The number of pyridine rings is 1. The summed E-state index contributed by atoms with van der Waals surface area (Å²) < 4.78 is 15.6. The number of hydrogen-bond donors (Lipinski definition) is 1. The van der Waals surface area contributed by atoms with Crippen LogP contribution in [-0.2, 0) is 6.42 Å². The van der Waals surface area contributed by atoms with E-state index in [0.717, 1.165) is 55.7 Å². The molecule has 2 fully saturated rings. The Bertz CT molecular complexity index is 1080. The molecule has 2 aliphatic rings. The molecule has 1 saturated carbocycles. The molecule has 7 nitrogen and oxygen atoms in total. The Balaban J connectivity index is 1.51. The number of nitrogens with zero attached hydrogens (tertiary/aromatic N) is 5. The molecule has 1 saturated heterocycles. The Hall–Kier alpha value is -3.03. The largest absolute Gasteiger partial charge is 0.349 e. The number of fused-ring (bicyclic) bond motifs is 1. The topological polar surface area (TPSA) is 75.4 Å². The van der Waals surface area contributed by atoms with Crippen molar-refractivity contribution in [3.8, 4) is 0 Å². The van der Waals surface area contributed by atoms with Crippen LogP contribution in [0.4, 0.5) is 10.2 Å². The van der Waals surface area contributed by atoms with Crippen molar-refractivity contribution in [2.45, 2.75) is 51.1 Å². The van der Waals surface area contributed by atoms with Crippen molar-refractivity contribution in [2.75, 3.05) is 11.4 Å². The van der Waals surface area contributed by atoms with Crippen LogP contribution in [0.1, 0.15) is 60.3 Å². The van der Waals surface area contributed by atoms with Gasteiger partial charge in [0.15, 0.2) is 5.65 Å². The predicted octanol–water partition coefficient (Wildman–Crippen LogP) is 3.06. The van der Waals surface area contributed by atoms with Crippen molar-refractivity contribution in [1.29, 1.82) is 0 Å². The molecule has 29 heavy (non-hydrogen) atoms. The SMILES string of the molecule is CCc1ncc(F)cc1[C@H]1CCCN1c1ccn2ncc(C(=O)NC3CC3)c2n1. The Labute approximate surface area is 168 Å². The highest BCUT2D eigenvalue weighted by Crippen LogP contribution is 2.37. The van der Waals surface area contributed by atoms with Gasteiger partial charge in [0.2, 0.25) is 0 Å². The molecule has 3 aromatic heterocycles. The number of amides is 1. The summed E-state index contributed by atoms with van der Waals surface area (Å²) in [6, 6.07) is 3.80. The highest BCUT2D eigenvalue weighted by molar-refractivity contribution is 6.00. The van der Waals surface area contributed by atoms with Crippen molar-refractivity contribution in [3.05, 3.63) is 53.4 Å². The number of nitrogens with one attached hydrogen (secondary N) is 1. The first-order chi connectivity index (χ1) is 14.1. The lowest BCUT2D eigenvalue weighted by molar-refractivity contribution is 0.0952. The molecule has 1 aliphatic carbocycles. The molecule has 3 aromatic rings. The van der Waals surface area contributed by atoms with E-state index in [-0.39, 0.29) is 23.8 Å².